The molecule has 8 heteroatoms. The quantitative estimate of drug-likeness (QED) is 0.417. The monoisotopic (exact) mass is 288 g/mol. The molecule has 0 amide bonds. The van der Waals surface area contributed by atoms with Crippen molar-refractivity contribution in [1.82, 2.24) is 4.72 Å². The summed E-state index contributed by atoms with van der Waals surface area (Å²) in [6.07, 6.45) is 1.11. The Balaban J connectivity index is 2.55. The fourth-order valence-corrected chi connectivity index (χ4v) is 2.64. The lowest BCUT2D eigenvalue weighted by Gasteiger charge is -2.06. The van der Waals surface area contributed by atoms with Gasteiger partial charge in [-0.3, -0.25) is 10.1 Å². The molecule has 7 nitrogen and oxygen atoms in total. The summed E-state index contributed by atoms with van der Waals surface area (Å²) in [4.78, 5) is 9.92. The normalized spacial score (nSPS) is 11.4. The highest BCUT2D eigenvalue weighted by atomic mass is 32.2. The number of nitrogens with zero attached hydrogens (tertiary/aromatic N) is 1. The molecular weight excluding hydrogens is 272 g/mol. The van der Waals surface area contributed by atoms with Gasteiger partial charge in [-0.15, -0.1) is 0 Å². The van der Waals surface area contributed by atoms with Crippen molar-refractivity contribution < 1.29 is 18.4 Å². The lowest BCUT2D eigenvalue weighted by molar-refractivity contribution is -0.384. The number of rotatable bonds is 8. The third-order valence-electron chi connectivity index (χ3n) is 2.41. The maximum Gasteiger partial charge on any atom is 0.269 e. The zero-order chi connectivity index (χ0) is 14.3. The Kier molecular flexibility index (Phi) is 5.87. The van der Waals surface area contributed by atoms with Crippen LogP contribution in [0.2, 0.25) is 0 Å². The molecule has 0 bridgehead atoms. The van der Waals surface area contributed by atoms with Crippen molar-refractivity contribution in [3.05, 3.63) is 39.9 Å². The van der Waals surface area contributed by atoms with Crippen molar-refractivity contribution in [2.75, 3.05) is 13.2 Å². The lowest BCUT2D eigenvalue weighted by atomic mass is 10.2. The van der Waals surface area contributed by atoms with Crippen LogP contribution in [0, 0.1) is 10.1 Å². The molecule has 0 radical (unpaired) electrons. The first-order chi connectivity index (χ1) is 8.94. The summed E-state index contributed by atoms with van der Waals surface area (Å²) in [5.41, 5.74) is 0.414. The third kappa shape index (κ3) is 5.77. The van der Waals surface area contributed by atoms with Crippen LogP contribution >= 0.6 is 0 Å². The number of aliphatic hydroxyl groups excluding tert-OH is 1. The lowest BCUT2D eigenvalue weighted by Crippen LogP contribution is -2.26. The Labute approximate surface area is 111 Å². The number of unbranched alkanes of at least 4 members (excludes halogenated alkanes) is 1. The summed E-state index contributed by atoms with van der Waals surface area (Å²) in [6.45, 7) is 0.306. The summed E-state index contributed by atoms with van der Waals surface area (Å²) >= 11 is 0. The molecule has 19 heavy (non-hydrogen) atoms. The number of nitrogens with one attached hydrogen (secondary N) is 1. The molecule has 0 unspecified atom stereocenters. The molecule has 0 atom stereocenters. The third-order valence-corrected chi connectivity index (χ3v) is 3.77. The van der Waals surface area contributed by atoms with E-state index >= 15 is 0 Å². The molecule has 1 rings (SSSR count). The van der Waals surface area contributed by atoms with Crippen molar-refractivity contribution in [3.8, 4) is 0 Å². The Morgan fingerprint density at radius 3 is 2.37 bits per heavy atom. The van der Waals surface area contributed by atoms with Gasteiger partial charge in [-0.25, -0.2) is 13.1 Å². The summed E-state index contributed by atoms with van der Waals surface area (Å²) in [5.74, 6) is -0.218. The van der Waals surface area contributed by atoms with Crippen LogP contribution < -0.4 is 4.72 Å². The Morgan fingerprint density at radius 1 is 1.21 bits per heavy atom. The number of non-ortho nitro benzene ring substituents is 1. The number of sulfonamides is 1. The zero-order valence-electron chi connectivity index (χ0n) is 10.3. The first kappa shape index (κ1) is 15.5. The molecule has 0 fully saturated rings. The van der Waals surface area contributed by atoms with E-state index in [1.807, 2.05) is 0 Å². The van der Waals surface area contributed by atoms with Crippen molar-refractivity contribution in [1.29, 1.82) is 0 Å². The number of benzene rings is 1. The first-order valence-electron chi connectivity index (χ1n) is 5.76. The van der Waals surface area contributed by atoms with Gasteiger partial charge >= 0.3 is 0 Å². The van der Waals surface area contributed by atoms with E-state index in [1.54, 1.807) is 0 Å². The van der Waals surface area contributed by atoms with E-state index in [2.05, 4.69) is 4.72 Å². The highest BCUT2D eigenvalue weighted by Crippen LogP contribution is 2.13. The van der Waals surface area contributed by atoms with Gasteiger partial charge in [0, 0.05) is 25.3 Å². The van der Waals surface area contributed by atoms with Gasteiger partial charge < -0.3 is 5.11 Å². The van der Waals surface area contributed by atoms with Crippen LogP contribution in [0.3, 0.4) is 0 Å². The summed E-state index contributed by atoms with van der Waals surface area (Å²) in [5, 5.41) is 19.0. The fourth-order valence-electron chi connectivity index (χ4n) is 1.45. The summed E-state index contributed by atoms with van der Waals surface area (Å²) < 4.78 is 25.8. The maximum absolute atomic E-state index is 11.7. The van der Waals surface area contributed by atoms with Crippen LogP contribution in [-0.4, -0.2) is 31.6 Å². The van der Waals surface area contributed by atoms with Gasteiger partial charge in [-0.2, -0.15) is 0 Å². The number of nitro benzene ring substituents is 1. The molecule has 0 spiro atoms. The molecule has 0 aliphatic carbocycles. The van der Waals surface area contributed by atoms with Crippen LogP contribution in [0.5, 0.6) is 0 Å². The highest BCUT2D eigenvalue weighted by molar-refractivity contribution is 7.88. The van der Waals surface area contributed by atoms with Gasteiger partial charge in [0.05, 0.1) is 10.7 Å². The predicted molar refractivity (Wildman–Crippen MR) is 70.0 cm³/mol. The summed E-state index contributed by atoms with van der Waals surface area (Å²) in [7, 11) is -3.45. The van der Waals surface area contributed by atoms with Crippen LogP contribution in [0.15, 0.2) is 24.3 Å². The van der Waals surface area contributed by atoms with E-state index in [1.165, 1.54) is 24.3 Å². The molecule has 0 aromatic heterocycles. The molecule has 0 saturated heterocycles. The highest BCUT2D eigenvalue weighted by Gasteiger charge is 2.12. The van der Waals surface area contributed by atoms with Crippen LogP contribution in [0.4, 0.5) is 5.69 Å². The van der Waals surface area contributed by atoms with E-state index in [9.17, 15) is 18.5 Å². The van der Waals surface area contributed by atoms with Gasteiger partial charge in [-0.1, -0.05) is 12.1 Å². The van der Waals surface area contributed by atoms with Gasteiger partial charge in [0.2, 0.25) is 10.0 Å². The second-order valence-electron chi connectivity index (χ2n) is 4.01. The number of nitro groups is 1. The molecule has 2 N–H and O–H groups in total. The van der Waals surface area contributed by atoms with E-state index in [4.69, 9.17) is 5.11 Å². The topological polar surface area (TPSA) is 110 Å². The Hall–Kier alpha value is -1.51. The summed E-state index contributed by atoms with van der Waals surface area (Å²) in [6, 6.07) is 5.39. The minimum Gasteiger partial charge on any atom is -0.396 e. The van der Waals surface area contributed by atoms with Crippen LogP contribution in [-0.2, 0) is 15.8 Å². The van der Waals surface area contributed by atoms with Gasteiger partial charge in [0.1, 0.15) is 0 Å². The van der Waals surface area contributed by atoms with E-state index in [-0.39, 0.29) is 24.6 Å². The van der Waals surface area contributed by atoms with Gasteiger partial charge in [0.25, 0.3) is 5.69 Å². The average molecular weight is 288 g/mol. The van der Waals surface area contributed by atoms with Gasteiger partial charge in [-0.05, 0) is 18.4 Å². The average Bonchev–Trinajstić information content (AvgIpc) is 2.35. The molecule has 106 valence electrons. The molecule has 1 aromatic carbocycles. The van der Waals surface area contributed by atoms with E-state index in [0.29, 0.717) is 18.4 Å². The zero-order valence-corrected chi connectivity index (χ0v) is 11.1. The number of aliphatic hydroxyl groups is 1. The molecule has 0 aliphatic rings. The largest absolute Gasteiger partial charge is 0.396 e. The van der Waals surface area contributed by atoms with E-state index in [0.717, 1.165) is 0 Å². The molecule has 0 aliphatic heterocycles. The molecule has 1 aromatic rings. The SMILES string of the molecule is O=[N+]([O-])c1ccc(CS(=O)(=O)NCCCCO)cc1. The van der Waals surface area contributed by atoms with Crippen molar-refractivity contribution >= 4 is 15.7 Å². The Morgan fingerprint density at radius 2 is 1.84 bits per heavy atom. The van der Waals surface area contributed by atoms with Gasteiger partial charge in [0.15, 0.2) is 0 Å². The minimum absolute atomic E-state index is 0.0318. The molecular formula is C11H16N2O5S. The minimum atomic E-state index is -3.45. The smallest absolute Gasteiger partial charge is 0.269 e. The van der Waals surface area contributed by atoms with Crippen LogP contribution in [0.1, 0.15) is 18.4 Å². The molecule has 0 saturated carbocycles. The second-order valence-corrected chi connectivity index (χ2v) is 5.81. The molecule has 0 heterocycles. The van der Waals surface area contributed by atoms with Crippen LogP contribution in [0.25, 0.3) is 0 Å². The number of hydrogen-bond acceptors (Lipinski definition) is 5. The number of hydrogen-bond donors (Lipinski definition) is 2. The predicted octanol–water partition coefficient (Wildman–Crippen LogP) is 0.787. The fraction of sp³-hybridized carbons (Fsp3) is 0.455. The Bertz CT molecular complexity index is 512. The van der Waals surface area contributed by atoms with Crippen molar-refractivity contribution in [2.45, 2.75) is 18.6 Å². The van der Waals surface area contributed by atoms with Crippen molar-refractivity contribution in [3.63, 3.8) is 0 Å². The maximum atomic E-state index is 11.7. The van der Waals surface area contributed by atoms with E-state index < -0.39 is 14.9 Å². The van der Waals surface area contributed by atoms with Crippen molar-refractivity contribution in [2.24, 2.45) is 0 Å². The first-order valence-corrected chi connectivity index (χ1v) is 7.41. The standard InChI is InChI=1S/C11H16N2O5S/c14-8-2-1-7-12-19(17,18)9-10-3-5-11(6-4-10)13(15)16/h3-6,12,14H,1-2,7-9H2. The second kappa shape index (κ2) is 7.17.